The first-order valence-corrected chi connectivity index (χ1v) is 14.2. The second-order valence-corrected chi connectivity index (χ2v) is 10.1. The highest BCUT2D eigenvalue weighted by Crippen LogP contribution is 2.16. The van der Waals surface area contributed by atoms with Crippen LogP contribution in [-0.4, -0.2) is 30.1 Å². The molecule has 0 amide bonds. The molecule has 0 aromatic heterocycles. The van der Waals surface area contributed by atoms with Crippen LogP contribution in [0.3, 0.4) is 0 Å². The average molecular weight is 462 g/mol. The summed E-state index contributed by atoms with van der Waals surface area (Å²) in [5.74, 6) is 0. The summed E-state index contributed by atoms with van der Waals surface area (Å²) in [5.41, 5.74) is 1.13. The third-order valence-corrected chi connectivity index (χ3v) is 7.60. The Balaban J connectivity index is 3.47. The Morgan fingerprint density at radius 2 is 0.679 bits per heavy atom. The van der Waals surface area contributed by atoms with E-state index in [-0.39, 0.29) is 0 Å². The van der Waals surface area contributed by atoms with Crippen molar-refractivity contribution in [2.45, 2.75) is 142 Å². The zero-order chi connectivity index (χ0) is 20.8. The molecular weight excluding hydrogens is 406 g/mol. The minimum absolute atomic E-state index is 1.13. The molecule has 0 saturated heterocycles. The van der Waals surface area contributed by atoms with Gasteiger partial charge in [-0.05, 0) is 41.6 Å². The number of quaternary nitrogens is 1. The largest absolute Gasteiger partial charge is 0.317 e. The maximum Gasteiger partial charge on any atom is 0.134 e. The first-order valence-electron chi connectivity index (χ1n) is 13.1. The van der Waals surface area contributed by atoms with Gasteiger partial charge in [0.2, 0.25) is 0 Å². The SMILES string of the molecule is CCCCCCCCCCCC[N+](C)(CBr)CCCCCCCCCCCC. The van der Waals surface area contributed by atoms with E-state index in [1.807, 2.05) is 0 Å². The van der Waals surface area contributed by atoms with Crippen LogP contribution in [0.5, 0.6) is 0 Å². The molecule has 0 bridgehead atoms. The van der Waals surface area contributed by atoms with Gasteiger partial charge in [-0.1, -0.05) is 117 Å². The molecule has 0 radical (unpaired) electrons. The van der Waals surface area contributed by atoms with Crippen LogP contribution in [0.1, 0.15) is 142 Å². The van der Waals surface area contributed by atoms with E-state index in [0.29, 0.717) is 0 Å². The van der Waals surface area contributed by atoms with Gasteiger partial charge >= 0.3 is 0 Å². The van der Waals surface area contributed by atoms with Gasteiger partial charge in [0.25, 0.3) is 0 Å². The fourth-order valence-electron chi connectivity index (χ4n) is 4.19. The zero-order valence-corrected chi connectivity index (χ0v) is 21.7. The van der Waals surface area contributed by atoms with E-state index in [2.05, 4.69) is 36.8 Å². The van der Waals surface area contributed by atoms with Crippen molar-refractivity contribution < 1.29 is 4.48 Å². The highest BCUT2D eigenvalue weighted by Gasteiger charge is 2.18. The van der Waals surface area contributed by atoms with Crippen molar-refractivity contribution in [3.05, 3.63) is 0 Å². The van der Waals surface area contributed by atoms with E-state index in [9.17, 15) is 0 Å². The van der Waals surface area contributed by atoms with Crippen molar-refractivity contribution in [1.29, 1.82) is 0 Å². The predicted octanol–water partition coefficient (Wildman–Crippen LogP) is 9.63. The van der Waals surface area contributed by atoms with Gasteiger partial charge in [0, 0.05) is 0 Å². The second-order valence-electron chi connectivity index (χ2n) is 9.55. The van der Waals surface area contributed by atoms with Crippen LogP contribution in [0.25, 0.3) is 0 Å². The lowest BCUT2D eigenvalue weighted by molar-refractivity contribution is -0.896. The number of rotatable bonds is 23. The number of nitrogens with zero attached hydrogens (tertiary/aromatic N) is 1. The van der Waals surface area contributed by atoms with Gasteiger partial charge in [0.15, 0.2) is 0 Å². The lowest BCUT2D eigenvalue weighted by atomic mass is 10.1. The maximum atomic E-state index is 3.79. The Bertz CT molecular complexity index is 268. The van der Waals surface area contributed by atoms with E-state index < -0.39 is 0 Å². The lowest BCUT2D eigenvalue weighted by Gasteiger charge is -2.32. The fourth-order valence-corrected chi connectivity index (χ4v) is 4.69. The van der Waals surface area contributed by atoms with Gasteiger partial charge in [0.05, 0.1) is 20.1 Å². The van der Waals surface area contributed by atoms with Crippen molar-refractivity contribution in [2.24, 2.45) is 0 Å². The van der Waals surface area contributed by atoms with Crippen molar-refractivity contribution in [3.8, 4) is 0 Å². The van der Waals surface area contributed by atoms with Gasteiger partial charge in [-0.3, -0.25) is 0 Å². The highest BCUT2D eigenvalue weighted by atomic mass is 79.9. The molecular formula is C26H55BrN+. The van der Waals surface area contributed by atoms with Crippen molar-refractivity contribution in [1.82, 2.24) is 0 Å². The minimum Gasteiger partial charge on any atom is -0.317 e. The average Bonchev–Trinajstić information content (AvgIpc) is 2.71. The molecule has 0 atom stereocenters. The van der Waals surface area contributed by atoms with Gasteiger partial charge in [-0.25, -0.2) is 0 Å². The molecule has 0 unspecified atom stereocenters. The quantitative estimate of drug-likeness (QED) is 0.0615. The summed E-state index contributed by atoms with van der Waals surface area (Å²) in [4.78, 5) is 0. The van der Waals surface area contributed by atoms with Crippen molar-refractivity contribution in [3.63, 3.8) is 0 Å². The van der Waals surface area contributed by atoms with Crippen LogP contribution in [0, 0.1) is 0 Å². The van der Waals surface area contributed by atoms with E-state index in [1.54, 1.807) is 0 Å². The normalized spacial score (nSPS) is 12.0. The Morgan fingerprint density at radius 3 is 0.929 bits per heavy atom. The summed E-state index contributed by atoms with van der Waals surface area (Å²) in [6.45, 7) is 7.32. The molecule has 0 N–H and O–H groups in total. The summed E-state index contributed by atoms with van der Waals surface area (Å²) in [6, 6.07) is 0. The summed E-state index contributed by atoms with van der Waals surface area (Å²) in [7, 11) is 2.45. The van der Waals surface area contributed by atoms with Gasteiger partial charge in [0.1, 0.15) is 5.45 Å². The van der Waals surface area contributed by atoms with E-state index in [0.717, 1.165) is 5.45 Å². The number of alkyl halides is 1. The van der Waals surface area contributed by atoms with Crippen molar-refractivity contribution >= 4 is 15.9 Å². The molecule has 0 spiro atoms. The molecule has 0 saturated carbocycles. The van der Waals surface area contributed by atoms with Crippen LogP contribution in [0.15, 0.2) is 0 Å². The van der Waals surface area contributed by atoms with Crippen LogP contribution in [-0.2, 0) is 0 Å². The van der Waals surface area contributed by atoms with E-state index in [1.165, 1.54) is 146 Å². The summed E-state index contributed by atoms with van der Waals surface area (Å²) in [6.07, 6.45) is 28.8. The molecule has 0 aliphatic rings. The summed E-state index contributed by atoms with van der Waals surface area (Å²) < 4.78 is 1.23. The molecule has 2 heteroatoms. The lowest BCUT2D eigenvalue weighted by Crippen LogP contribution is -2.44. The van der Waals surface area contributed by atoms with Crippen molar-refractivity contribution in [2.75, 3.05) is 25.6 Å². The second kappa shape index (κ2) is 22.1. The molecule has 0 aromatic rings. The van der Waals surface area contributed by atoms with Crippen LogP contribution >= 0.6 is 15.9 Å². The highest BCUT2D eigenvalue weighted by molar-refractivity contribution is 9.09. The van der Waals surface area contributed by atoms with Crippen LogP contribution in [0.4, 0.5) is 0 Å². The maximum absolute atomic E-state index is 3.79. The molecule has 0 aliphatic carbocycles. The molecule has 0 aliphatic heterocycles. The van der Waals surface area contributed by atoms with Gasteiger partial charge < -0.3 is 4.48 Å². The molecule has 28 heavy (non-hydrogen) atoms. The summed E-state index contributed by atoms with van der Waals surface area (Å²) in [5, 5.41) is 0. The fraction of sp³-hybridized carbons (Fsp3) is 1.00. The third-order valence-electron chi connectivity index (χ3n) is 6.39. The Labute approximate surface area is 188 Å². The monoisotopic (exact) mass is 460 g/mol. The standard InChI is InChI=1S/C26H55BrN/c1-4-6-8-10-12-14-16-18-20-22-24-28(3,26-27)25-23-21-19-17-15-13-11-9-7-5-2/h4-26H2,1-3H3/q+1. The number of halogens is 1. The number of unbranched alkanes of at least 4 members (excludes halogenated alkanes) is 18. The Morgan fingerprint density at radius 1 is 0.429 bits per heavy atom. The van der Waals surface area contributed by atoms with Gasteiger partial charge in [-0.2, -0.15) is 0 Å². The first kappa shape index (κ1) is 28.4. The zero-order valence-electron chi connectivity index (χ0n) is 20.1. The van der Waals surface area contributed by atoms with Crippen LogP contribution < -0.4 is 0 Å². The predicted molar refractivity (Wildman–Crippen MR) is 133 cm³/mol. The van der Waals surface area contributed by atoms with E-state index in [4.69, 9.17) is 0 Å². The first-order chi connectivity index (χ1) is 13.7. The molecule has 1 nitrogen and oxygen atoms in total. The molecule has 0 heterocycles. The van der Waals surface area contributed by atoms with E-state index >= 15 is 0 Å². The molecule has 0 rings (SSSR count). The smallest absolute Gasteiger partial charge is 0.134 e. The topological polar surface area (TPSA) is 0 Å². The molecule has 0 aromatic carbocycles. The Kier molecular flexibility index (Phi) is 22.5. The third kappa shape index (κ3) is 19.7. The summed E-state index contributed by atoms with van der Waals surface area (Å²) >= 11 is 3.79. The van der Waals surface area contributed by atoms with Crippen LogP contribution in [0.2, 0.25) is 0 Å². The number of hydrogen-bond acceptors (Lipinski definition) is 0. The minimum atomic E-state index is 1.13. The Hall–Kier alpha value is 0.440. The number of hydrogen-bond donors (Lipinski definition) is 0. The molecule has 170 valence electrons. The molecule has 0 fully saturated rings. The van der Waals surface area contributed by atoms with Gasteiger partial charge in [-0.15, -0.1) is 0 Å².